The fourth-order valence-corrected chi connectivity index (χ4v) is 5.47. The van der Waals surface area contributed by atoms with Crippen molar-refractivity contribution in [3.05, 3.63) is 82.7 Å². The van der Waals surface area contributed by atoms with E-state index in [4.69, 9.17) is 18.9 Å². The Kier molecular flexibility index (Phi) is 6.23. The highest BCUT2D eigenvalue weighted by molar-refractivity contribution is 6.06. The molecule has 6 rings (SSSR count). The number of carbonyl (C=O) groups is 1. The molecule has 0 saturated carbocycles. The predicted molar refractivity (Wildman–Crippen MR) is 144 cm³/mol. The molecule has 0 aliphatic carbocycles. The Hall–Kier alpha value is -4.33. The van der Waals surface area contributed by atoms with E-state index in [1.54, 1.807) is 44.6 Å². The summed E-state index contributed by atoms with van der Waals surface area (Å²) < 4.78 is 31.1. The largest absolute Gasteiger partial charge is 0.493 e. The minimum absolute atomic E-state index is 0.169. The molecule has 1 aromatic heterocycles. The normalized spacial score (nSPS) is 14.8. The third kappa shape index (κ3) is 4.36. The Labute approximate surface area is 219 Å². The maximum Gasteiger partial charge on any atom is 0.261 e. The summed E-state index contributed by atoms with van der Waals surface area (Å²) in [6, 6.07) is 15.0. The lowest BCUT2D eigenvalue weighted by Crippen LogP contribution is -2.34. The van der Waals surface area contributed by atoms with E-state index in [9.17, 15) is 9.18 Å². The number of benzene rings is 3. The highest BCUT2D eigenvalue weighted by Gasteiger charge is 2.27. The van der Waals surface area contributed by atoms with Gasteiger partial charge in [0.05, 0.1) is 19.9 Å². The van der Waals surface area contributed by atoms with Crippen LogP contribution in [0.15, 0.2) is 64.0 Å². The van der Waals surface area contributed by atoms with Gasteiger partial charge in [0, 0.05) is 41.5 Å². The van der Waals surface area contributed by atoms with Crippen LogP contribution in [0.5, 0.6) is 11.5 Å². The molecule has 0 radical (unpaired) electrons. The zero-order chi connectivity index (χ0) is 26.2. The van der Waals surface area contributed by atoms with Crippen LogP contribution >= 0.6 is 0 Å². The lowest BCUT2D eigenvalue weighted by Gasteiger charge is -2.37. The number of hydrogen-bond acceptors (Lipinski definition) is 6. The summed E-state index contributed by atoms with van der Waals surface area (Å²) in [7, 11) is 3.12. The summed E-state index contributed by atoms with van der Waals surface area (Å²) in [5.41, 5.74) is 5.79. The zero-order valence-corrected chi connectivity index (χ0v) is 21.3. The second-order valence-corrected chi connectivity index (χ2v) is 9.56. The number of nitrogens with one attached hydrogen (secondary N) is 1. The van der Waals surface area contributed by atoms with Gasteiger partial charge in [0.2, 0.25) is 5.55 Å². The fraction of sp³-hybridized carbons (Fsp3) is 0.267. The summed E-state index contributed by atoms with van der Waals surface area (Å²) >= 11 is 0. The van der Waals surface area contributed by atoms with Gasteiger partial charge in [0.25, 0.3) is 5.91 Å². The Morgan fingerprint density at radius 3 is 2.61 bits per heavy atom. The topological polar surface area (TPSA) is 76.3 Å². The molecule has 4 aromatic rings. The number of methoxy groups -OCH3 is 2. The molecular weight excluding hydrogens is 485 g/mol. The van der Waals surface area contributed by atoms with Crippen molar-refractivity contribution in [2.75, 3.05) is 37.5 Å². The molecule has 8 heteroatoms. The van der Waals surface area contributed by atoms with Crippen molar-refractivity contribution in [2.45, 2.75) is 25.7 Å². The summed E-state index contributed by atoms with van der Waals surface area (Å²) in [6.45, 7) is 2.09. The summed E-state index contributed by atoms with van der Waals surface area (Å²) in [5, 5.41) is 3.65. The standard InChI is InChI=1S/C30H28FN3O4/c1-36-25-11-10-22(17-26(25)37-2)33-30-24(29(35)32-21-8-3-7-20(31)16-21)15-19-14-18-6-4-12-34-13-5-9-23(27(18)34)28(19)38-30/h3,7-8,10-11,14-17H,4-6,9,12-13H2,1-2H3,(H,32,35). The molecule has 3 aromatic carbocycles. The van der Waals surface area contributed by atoms with E-state index in [1.165, 1.54) is 28.9 Å². The monoisotopic (exact) mass is 513 g/mol. The number of rotatable bonds is 5. The predicted octanol–water partition coefficient (Wildman–Crippen LogP) is 5.77. The lowest BCUT2D eigenvalue weighted by molar-refractivity contribution is 0.102. The maximum atomic E-state index is 13.8. The maximum absolute atomic E-state index is 13.8. The van der Waals surface area contributed by atoms with E-state index in [2.05, 4.69) is 16.3 Å². The van der Waals surface area contributed by atoms with Gasteiger partial charge < -0.3 is 24.1 Å². The summed E-state index contributed by atoms with van der Waals surface area (Å²) in [5.74, 6) is 0.215. The Morgan fingerprint density at radius 2 is 1.82 bits per heavy atom. The van der Waals surface area contributed by atoms with E-state index < -0.39 is 11.7 Å². The number of anilines is 2. The van der Waals surface area contributed by atoms with Crippen molar-refractivity contribution < 1.29 is 23.1 Å². The van der Waals surface area contributed by atoms with Crippen molar-refractivity contribution in [1.82, 2.24) is 0 Å². The lowest BCUT2D eigenvalue weighted by atomic mass is 9.90. The third-order valence-corrected chi connectivity index (χ3v) is 7.16. The molecule has 0 fully saturated rings. The van der Waals surface area contributed by atoms with Crippen LogP contribution in [0.25, 0.3) is 11.0 Å². The van der Waals surface area contributed by atoms with Crippen LogP contribution in [-0.2, 0) is 12.8 Å². The average Bonchev–Trinajstić information content (AvgIpc) is 2.93. The van der Waals surface area contributed by atoms with Gasteiger partial charge in [0.1, 0.15) is 17.0 Å². The van der Waals surface area contributed by atoms with Gasteiger partial charge >= 0.3 is 0 Å². The van der Waals surface area contributed by atoms with Gasteiger partial charge in [-0.2, -0.15) is 0 Å². The second-order valence-electron chi connectivity index (χ2n) is 9.56. The highest BCUT2D eigenvalue weighted by Crippen LogP contribution is 2.40. The van der Waals surface area contributed by atoms with E-state index in [-0.39, 0.29) is 11.1 Å². The molecule has 0 bridgehead atoms. The van der Waals surface area contributed by atoms with E-state index >= 15 is 0 Å². The molecule has 0 unspecified atom stereocenters. The molecule has 0 saturated heterocycles. The van der Waals surface area contributed by atoms with Crippen molar-refractivity contribution >= 4 is 33.9 Å². The van der Waals surface area contributed by atoms with Crippen LogP contribution in [0.1, 0.15) is 34.3 Å². The number of aryl methyl sites for hydroxylation is 2. The Bertz CT molecular complexity index is 1630. The van der Waals surface area contributed by atoms with Crippen LogP contribution in [0.4, 0.5) is 21.5 Å². The molecule has 7 nitrogen and oxygen atoms in total. The van der Waals surface area contributed by atoms with Crippen molar-refractivity contribution in [1.29, 1.82) is 0 Å². The van der Waals surface area contributed by atoms with E-state index in [1.807, 2.05) is 6.07 Å². The molecule has 2 aliphatic heterocycles. The SMILES string of the molecule is COc1ccc(N=c2oc3c4c5c(cc3cc2C(=O)Nc2cccc(F)c2)CCCN5CCC4)cc1OC. The van der Waals surface area contributed by atoms with Gasteiger partial charge in [0.15, 0.2) is 11.5 Å². The van der Waals surface area contributed by atoms with Gasteiger partial charge in [-0.3, -0.25) is 4.79 Å². The molecule has 0 spiro atoms. The first kappa shape index (κ1) is 24.0. The number of hydrogen-bond donors (Lipinski definition) is 1. The molecule has 194 valence electrons. The molecule has 38 heavy (non-hydrogen) atoms. The van der Waals surface area contributed by atoms with Crippen LogP contribution in [0.2, 0.25) is 0 Å². The smallest absolute Gasteiger partial charge is 0.261 e. The molecule has 1 N–H and O–H groups in total. The number of nitrogens with zero attached hydrogens (tertiary/aromatic N) is 2. The molecule has 3 heterocycles. The Morgan fingerprint density at radius 1 is 1.00 bits per heavy atom. The third-order valence-electron chi connectivity index (χ3n) is 7.16. The van der Waals surface area contributed by atoms with Crippen LogP contribution < -0.4 is 25.2 Å². The molecular formula is C30H28FN3O4. The molecule has 2 aliphatic rings. The number of ether oxygens (including phenoxy) is 2. The summed E-state index contributed by atoms with van der Waals surface area (Å²) in [4.78, 5) is 20.7. The minimum Gasteiger partial charge on any atom is -0.493 e. The number of fused-ring (bicyclic) bond motifs is 2. The van der Waals surface area contributed by atoms with E-state index in [0.29, 0.717) is 22.9 Å². The highest BCUT2D eigenvalue weighted by atomic mass is 19.1. The first-order valence-corrected chi connectivity index (χ1v) is 12.8. The quantitative estimate of drug-likeness (QED) is 0.367. The second kappa shape index (κ2) is 9.85. The van der Waals surface area contributed by atoms with Gasteiger partial charge in [-0.15, -0.1) is 0 Å². The Balaban J connectivity index is 1.55. The minimum atomic E-state index is -0.437. The van der Waals surface area contributed by atoms with Crippen LogP contribution in [0, 0.1) is 5.82 Å². The first-order valence-electron chi connectivity index (χ1n) is 12.8. The molecule has 0 atom stereocenters. The number of halogens is 1. The zero-order valence-electron chi connectivity index (χ0n) is 21.3. The van der Waals surface area contributed by atoms with Crippen LogP contribution in [-0.4, -0.2) is 33.2 Å². The van der Waals surface area contributed by atoms with Gasteiger partial charge in [-0.1, -0.05) is 6.07 Å². The molecule has 1 amide bonds. The van der Waals surface area contributed by atoms with Gasteiger partial charge in [-0.05, 0) is 73.7 Å². The summed E-state index contributed by atoms with van der Waals surface area (Å²) in [6.07, 6.45) is 4.06. The van der Waals surface area contributed by atoms with Crippen molar-refractivity contribution in [2.24, 2.45) is 4.99 Å². The van der Waals surface area contributed by atoms with E-state index in [0.717, 1.165) is 49.7 Å². The van der Waals surface area contributed by atoms with Gasteiger partial charge in [-0.25, -0.2) is 9.38 Å². The van der Waals surface area contributed by atoms with Crippen molar-refractivity contribution in [3.63, 3.8) is 0 Å². The average molecular weight is 514 g/mol. The van der Waals surface area contributed by atoms with Crippen LogP contribution in [0.3, 0.4) is 0 Å². The number of amides is 1. The first-order chi connectivity index (χ1) is 18.5. The van der Waals surface area contributed by atoms with Crippen molar-refractivity contribution in [3.8, 4) is 11.5 Å². The fourth-order valence-electron chi connectivity index (χ4n) is 5.47. The number of carbonyl (C=O) groups excluding carboxylic acids is 1.